The third-order valence-corrected chi connectivity index (χ3v) is 3.16. The van der Waals surface area contributed by atoms with Gasteiger partial charge in [0.2, 0.25) is 0 Å². The van der Waals surface area contributed by atoms with Crippen LogP contribution >= 0.6 is 11.6 Å². The maximum absolute atomic E-state index is 6.27. The number of hydrogen-bond acceptors (Lipinski definition) is 1. The lowest BCUT2D eigenvalue weighted by Crippen LogP contribution is -1.77. The first-order valence-corrected chi connectivity index (χ1v) is 5.82. The molecule has 1 nitrogen and oxygen atoms in total. The van der Waals surface area contributed by atoms with E-state index in [1.165, 1.54) is 5.56 Å². The lowest BCUT2D eigenvalue weighted by molar-refractivity contribution is 1.33. The molecule has 82 valence electrons. The van der Waals surface area contributed by atoms with Crippen molar-refractivity contribution in [1.29, 1.82) is 0 Å². The average molecular weight is 240 g/mol. The summed E-state index contributed by atoms with van der Waals surface area (Å²) < 4.78 is 0. The van der Waals surface area contributed by atoms with E-state index in [1.54, 1.807) is 12.4 Å². The summed E-state index contributed by atoms with van der Waals surface area (Å²) in [5.41, 5.74) is 4.56. The minimum Gasteiger partial charge on any atom is -0.265 e. The third-order valence-electron chi connectivity index (χ3n) is 2.85. The van der Waals surface area contributed by atoms with Crippen molar-refractivity contribution in [3.8, 4) is 22.3 Å². The van der Waals surface area contributed by atoms with Crippen LogP contribution in [0.5, 0.6) is 0 Å². The summed E-state index contributed by atoms with van der Waals surface area (Å²) in [4.78, 5) is 4.04. The Morgan fingerprint density at radius 1 is 0.765 bits per heavy atom. The Labute approximate surface area is 105 Å². The number of hydrogen-bond donors (Lipinski definition) is 0. The molecule has 0 aromatic carbocycles. The maximum Gasteiger partial charge on any atom is 0.0491 e. The molecule has 1 heterocycles. The van der Waals surface area contributed by atoms with Crippen molar-refractivity contribution < 1.29 is 0 Å². The Kier molecular flexibility index (Phi) is 2.54. The predicted octanol–water partition coefficient (Wildman–Crippen LogP) is 4.51. The smallest absolute Gasteiger partial charge is 0.0491 e. The Morgan fingerprint density at radius 2 is 1.47 bits per heavy atom. The van der Waals surface area contributed by atoms with E-state index in [2.05, 4.69) is 11.1 Å². The van der Waals surface area contributed by atoms with Crippen molar-refractivity contribution in [2.45, 2.75) is 0 Å². The summed E-state index contributed by atoms with van der Waals surface area (Å²) in [7, 11) is 0. The zero-order valence-electron chi connectivity index (χ0n) is 9.10. The van der Waals surface area contributed by atoms with E-state index in [4.69, 9.17) is 11.6 Å². The zero-order chi connectivity index (χ0) is 11.7. The molecule has 2 aliphatic rings. The number of aromatic nitrogens is 1. The first-order valence-electron chi connectivity index (χ1n) is 5.44. The van der Waals surface area contributed by atoms with E-state index in [1.807, 2.05) is 42.5 Å². The molecule has 0 amide bonds. The van der Waals surface area contributed by atoms with Crippen molar-refractivity contribution in [1.82, 2.24) is 4.98 Å². The summed E-state index contributed by atoms with van der Waals surface area (Å²) in [6.45, 7) is 0. The second-order valence-corrected chi connectivity index (χ2v) is 4.29. The highest BCUT2D eigenvalue weighted by molar-refractivity contribution is 6.34. The van der Waals surface area contributed by atoms with Gasteiger partial charge in [0.05, 0.1) is 0 Å². The molecule has 2 aliphatic carbocycles. The molecular formula is C15H10ClN. The zero-order valence-corrected chi connectivity index (χ0v) is 9.85. The fourth-order valence-corrected chi connectivity index (χ4v) is 2.32. The van der Waals surface area contributed by atoms with Gasteiger partial charge in [0.15, 0.2) is 0 Å². The van der Waals surface area contributed by atoms with E-state index in [-0.39, 0.29) is 0 Å². The van der Waals surface area contributed by atoms with Crippen LogP contribution in [0.15, 0.2) is 60.9 Å². The molecule has 0 saturated carbocycles. The van der Waals surface area contributed by atoms with E-state index >= 15 is 0 Å². The molecule has 0 fully saturated rings. The standard InChI is InChI=1S/C15H10ClN/c16-15-10-14(11-6-8-17-9-7-11)12-4-2-1-3-5-13(12)15/h1-10H. The van der Waals surface area contributed by atoms with Crippen molar-refractivity contribution in [3.05, 3.63) is 65.9 Å². The summed E-state index contributed by atoms with van der Waals surface area (Å²) in [6.07, 6.45) is 3.59. The number of nitrogens with zero attached hydrogens (tertiary/aromatic N) is 1. The van der Waals surface area contributed by atoms with Crippen LogP contribution in [0.25, 0.3) is 22.3 Å². The largest absolute Gasteiger partial charge is 0.265 e. The molecule has 17 heavy (non-hydrogen) atoms. The second-order valence-electron chi connectivity index (χ2n) is 3.88. The van der Waals surface area contributed by atoms with Gasteiger partial charge in [-0.05, 0) is 34.9 Å². The molecule has 0 atom stereocenters. The molecule has 1 aromatic rings. The predicted molar refractivity (Wildman–Crippen MR) is 71.3 cm³/mol. The monoisotopic (exact) mass is 239 g/mol. The lowest BCUT2D eigenvalue weighted by atomic mass is 10.0. The van der Waals surface area contributed by atoms with Gasteiger partial charge < -0.3 is 0 Å². The van der Waals surface area contributed by atoms with Crippen LogP contribution in [-0.4, -0.2) is 4.98 Å². The average Bonchev–Trinajstić information content (AvgIpc) is 2.57. The Bertz CT molecular complexity index is 619. The minimum atomic E-state index is 0.794. The fraction of sp³-hybridized carbons (Fsp3) is 0. The SMILES string of the molecule is Clc1cc(-c2ccncc2)c2cccccc1-2. The quantitative estimate of drug-likeness (QED) is 0.609. The van der Waals surface area contributed by atoms with Gasteiger partial charge in [-0.3, -0.25) is 4.98 Å². The molecule has 0 unspecified atom stereocenters. The number of halogens is 1. The molecule has 0 spiro atoms. The van der Waals surface area contributed by atoms with Crippen molar-refractivity contribution in [3.63, 3.8) is 0 Å². The van der Waals surface area contributed by atoms with Gasteiger partial charge in [-0.1, -0.05) is 41.9 Å². The summed E-state index contributed by atoms with van der Waals surface area (Å²) >= 11 is 6.27. The molecular weight excluding hydrogens is 230 g/mol. The van der Waals surface area contributed by atoms with Crippen LogP contribution in [0.1, 0.15) is 0 Å². The van der Waals surface area contributed by atoms with Gasteiger partial charge in [0, 0.05) is 23.0 Å². The highest BCUT2D eigenvalue weighted by atomic mass is 35.5. The first-order chi connectivity index (χ1) is 8.36. The Hall–Kier alpha value is -1.86. The molecule has 0 radical (unpaired) electrons. The summed E-state index contributed by atoms with van der Waals surface area (Å²) in [5, 5.41) is 0.794. The number of rotatable bonds is 1. The number of fused-ring (bicyclic) bond motifs is 1. The van der Waals surface area contributed by atoms with E-state index in [9.17, 15) is 0 Å². The Balaban J connectivity index is 2.28. The maximum atomic E-state index is 6.27. The van der Waals surface area contributed by atoms with E-state index < -0.39 is 0 Å². The van der Waals surface area contributed by atoms with Gasteiger partial charge in [0.25, 0.3) is 0 Å². The van der Waals surface area contributed by atoms with Crippen LogP contribution in [0.3, 0.4) is 0 Å². The Morgan fingerprint density at radius 3 is 2.24 bits per heavy atom. The first kappa shape index (κ1) is 10.3. The third kappa shape index (κ3) is 1.79. The van der Waals surface area contributed by atoms with E-state index in [0.717, 1.165) is 21.7 Å². The van der Waals surface area contributed by atoms with E-state index in [0.29, 0.717) is 0 Å². The molecule has 0 saturated heterocycles. The molecule has 3 rings (SSSR count). The molecule has 0 bridgehead atoms. The normalized spacial score (nSPS) is 10.6. The summed E-state index contributed by atoms with van der Waals surface area (Å²) in [6, 6.07) is 16.2. The van der Waals surface area contributed by atoms with Gasteiger partial charge in [-0.25, -0.2) is 0 Å². The van der Waals surface area contributed by atoms with Crippen LogP contribution in [0.2, 0.25) is 5.02 Å². The van der Waals surface area contributed by atoms with Crippen LogP contribution in [-0.2, 0) is 0 Å². The van der Waals surface area contributed by atoms with Gasteiger partial charge in [0.1, 0.15) is 0 Å². The van der Waals surface area contributed by atoms with Crippen molar-refractivity contribution >= 4 is 11.6 Å². The van der Waals surface area contributed by atoms with Gasteiger partial charge in [-0.15, -0.1) is 0 Å². The van der Waals surface area contributed by atoms with Crippen LogP contribution < -0.4 is 0 Å². The van der Waals surface area contributed by atoms with Gasteiger partial charge >= 0.3 is 0 Å². The van der Waals surface area contributed by atoms with Crippen LogP contribution in [0, 0.1) is 0 Å². The molecule has 0 aliphatic heterocycles. The highest BCUT2D eigenvalue weighted by Crippen LogP contribution is 2.40. The van der Waals surface area contributed by atoms with Gasteiger partial charge in [-0.2, -0.15) is 0 Å². The summed E-state index contributed by atoms with van der Waals surface area (Å²) in [5.74, 6) is 0. The topological polar surface area (TPSA) is 12.9 Å². The van der Waals surface area contributed by atoms with Crippen LogP contribution in [0.4, 0.5) is 0 Å². The number of pyridine rings is 1. The molecule has 0 N–H and O–H groups in total. The molecule has 2 heteroatoms. The molecule has 1 aromatic heterocycles. The lowest BCUT2D eigenvalue weighted by Gasteiger charge is -2.00. The fourth-order valence-electron chi connectivity index (χ4n) is 2.04. The van der Waals surface area contributed by atoms with Crippen molar-refractivity contribution in [2.75, 3.05) is 0 Å². The minimum absolute atomic E-state index is 0.794. The second kappa shape index (κ2) is 4.19. The highest BCUT2D eigenvalue weighted by Gasteiger charge is 2.13. The van der Waals surface area contributed by atoms with Crippen molar-refractivity contribution in [2.24, 2.45) is 0 Å².